The molecule has 1 rings (SSSR count). The first-order valence-electron chi connectivity index (χ1n) is 32.2. The fourth-order valence-corrected chi connectivity index (χ4v) is 10.0. The Labute approximate surface area is 468 Å². The van der Waals surface area contributed by atoms with Crippen molar-refractivity contribution >= 4 is 5.91 Å². The number of aliphatic hydroxyl groups is 5. The van der Waals surface area contributed by atoms with Crippen molar-refractivity contribution in [3.63, 3.8) is 0 Å². The van der Waals surface area contributed by atoms with Crippen molar-refractivity contribution in [3.05, 3.63) is 72.9 Å². The molecule has 7 atom stereocenters. The van der Waals surface area contributed by atoms with Gasteiger partial charge < -0.3 is 40.3 Å². The van der Waals surface area contributed by atoms with E-state index in [-0.39, 0.29) is 12.5 Å². The maximum atomic E-state index is 13.1. The Morgan fingerprint density at radius 2 is 0.816 bits per heavy atom. The number of hydrogen-bond acceptors (Lipinski definition) is 8. The third-order valence-corrected chi connectivity index (χ3v) is 15.0. The first kappa shape index (κ1) is 71.6. The third-order valence-electron chi connectivity index (χ3n) is 15.0. The molecule has 9 nitrogen and oxygen atoms in total. The Hall–Kier alpha value is -2.37. The minimum atomic E-state index is -1.57. The summed E-state index contributed by atoms with van der Waals surface area (Å²) in [5.74, 6) is -0.187. The summed E-state index contributed by atoms with van der Waals surface area (Å²) in [4.78, 5) is 13.1. The molecule has 442 valence electrons. The van der Waals surface area contributed by atoms with Crippen LogP contribution in [0.4, 0.5) is 0 Å². The van der Waals surface area contributed by atoms with Gasteiger partial charge in [-0.1, -0.05) is 292 Å². The molecule has 0 bridgehead atoms. The number of hydrogen-bond donors (Lipinski definition) is 6. The molecule has 76 heavy (non-hydrogen) atoms. The van der Waals surface area contributed by atoms with Crippen molar-refractivity contribution in [3.8, 4) is 0 Å². The average molecular weight is 1070 g/mol. The zero-order valence-electron chi connectivity index (χ0n) is 49.3. The van der Waals surface area contributed by atoms with Crippen molar-refractivity contribution in [1.82, 2.24) is 5.32 Å². The molecule has 1 aliphatic heterocycles. The van der Waals surface area contributed by atoms with E-state index in [9.17, 15) is 30.3 Å². The van der Waals surface area contributed by atoms with Crippen LogP contribution in [0.5, 0.6) is 0 Å². The van der Waals surface area contributed by atoms with Crippen LogP contribution in [0.2, 0.25) is 0 Å². The summed E-state index contributed by atoms with van der Waals surface area (Å²) in [5.41, 5.74) is 0. The normalized spacial score (nSPS) is 19.3. The van der Waals surface area contributed by atoms with Crippen LogP contribution in [-0.4, -0.2) is 87.5 Å². The quantitative estimate of drug-likeness (QED) is 0.0261. The predicted molar refractivity (Wildman–Crippen MR) is 322 cm³/mol. The second-order valence-corrected chi connectivity index (χ2v) is 22.2. The van der Waals surface area contributed by atoms with Gasteiger partial charge in [0.15, 0.2) is 6.29 Å². The number of carbonyl (C=O) groups excluding carboxylic acids is 1. The molecule has 9 heteroatoms. The minimum absolute atomic E-state index is 0.187. The van der Waals surface area contributed by atoms with Gasteiger partial charge in [0, 0.05) is 6.42 Å². The smallest absolute Gasteiger partial charge is 0.220 e. The molecule has 0 aromatic rings. The Bertz CT molecular complexity index is 1420. The Morgan fingerprint density at radius 1 is 0.461 bits per heavy atom. The SMILES string of the molecule is CC/C=C\C/C=C\C/C=C\C/C=C\C/C=C\CCCCCCCCCC(=O)NC(COC1OC(CO)C(O)C(O)C1O)C(O)/C=C/CCCCCCCCCCCCCCCCCCCCCCCCCCCCCC. The van der Waals surface area contributed by atoms with E-state index in [0.717, 1.165) is 83.5 Å². The lowest BCUT2D eigenvalue weighted by Gasteiger charge is -2.40. The van der Waals surface area contributed by atoms with E-state index in [1.165, 1.54) is 186 Å². The maximum Gasteiger partial charge on any atom is 0.220 e. The predicted octanol–water partition coefficient (Wildman–Crippen LogP) is 16.8. The Morgan fingerprint density at radius 3 is 1.21 bits per heavy atom. The van der Waals surface area contributed by atoms with E-state index in [1.807, 2.05) is 6.08 Å². The second kappa shape index (κ2) is 55.9. The van der Waals surface area contributed by atoms with Crippen LogP contribution in [0, 0.1) is 0 Å². The molecule has 0 radical (unpaired) electrons. The van der Waals surface area contributed by atoms with Crippen molar-refractivity contribution in [1.29, 1.82) is 0 Å². The molecule has 7 unspecified atom stereocenters. The van der Waals surface area contributed by atoms with E-state index in [1.54, 1.807) is 6.08 Å². The van der Waals surface area contributed by atoms with Crippen molar-refractivity contribution in [2.45, 2.75) is 333 Å². The molecular formula is C67H121NO8. The largest absolute Gasteiger partial charge is 0.394 e. The summed E-state index contributed by atoms with van der Waals surface area (Å²) < 4.78 is 11.3. The van der Waals surface area contributed by atoms with Gasteiger partial charge in [-0.2, -0.15) is 0 Å². The summed E-state index contributed by atoms with van der Waals surface area (Å²) >= 11 is 0. The second-order valence-electron chi connectivity index (χ2n) is 22.2. The lowest BCUT2D eigenvalue weighted by Crippen LogP contribution is -2.60. The Balaban J connectivity index is 2.18. The van der Waals surface area contributed by atoms with Crippen molar-refractivity contribution in [2.24, 2.45) is 0 Å². The maximum absolute atomic E-state index is 13.1. The van der Waals surface area contributed by atoms with Crippen LogP contribution in [0.3, 0.4) is 0 Å². The molecular weight excluding hydrogens is 947 g/mol. The van der Waals surface area contributed by atoms with E-state index in [4.69, 9.17) is 9.47 Å². The molecule has 1 heterocycles. The molecule has 1 aliphatic rings. The van der Waals surface area contributed by atoms with Gasteiger partial charge in [0.1, 0.15) is 24.4 Å². The summed E-state index contributed by atoms with van der Waals surface area (Å²) in [6.07, 6.45) is 71.3. The summed E-state index contributed by atoms with van der Waals surface area (Å²) in [5, 5.41) is 54.7. The minimum Gasteiger partial charge on any atom is -0.394 e. The third kappa shape index (κ3) is 44.5. The highest BCUT2D eigenvalue weighted by Gasteiger charge is 2.44. The molecule has 1 saturated heterocycles. The number of allylic oxidation sites excluding steroid dienone is 11. The van der Waals surface area contributed by atoms with Crippen LogP contribution in [0.25, 0.3) is 0 Å². The van der Waals surface area contributed by atoms with Crippen molar-refractivity contribution < 1.29 is 39.8 Å². The summed E-state index contributed by atoms with van der Waals surface area (Å²) in [7, 11) is 0. The average Bonchev–Trinajstić information content (AvgIpc) is 3.42. The Kier molecular flexibility index (Phi) is 52.7. The highest BCUT2D eigenvalue weighted by molar-refractivity contribution is 5.76. The molecule has 0 aromatic heterocycles. The number of unbranched alkanes of at least 4 members (excludes halogenated alkanes) is 35. The first-order chi connectivity index (χ1) is 37.3. The molecule has 0 aromatic carbocycles. The van der Waals surface area contributed by atoms with Gasteiger partial charge in [0.25, 0.3) is 0 Å². The number of ether oxygens (including phenoxy) is 2. The first-order valence-corrected chi connectivity index (χ1v) is 32.2. The van der Waals surface area contributed by atoms with E-state index in [2.05, 4.69) is 79.9 Å². The monoisotopic (exact) mass is 1070 g/mol. The number of rotatable bonds is 55. The van der Waals surface area contributed by atoms with Crippen LogP contribution in [0.1, 0.15) is 290 Å². The highest BCUT2D eigenvalue weighted by atomic mass is 16.7. The molecule has 0 spiro atoms. The molecule has 0 aliphatic carbocycles. The standard InChI is InChI=1S/C67H121NO8/c1-3-5-7-9-11-13-15-17-19-21-23-25-27-28-29-30-31-32-33-35-36-38-40-42-44-46-48-50-52-54-56-61(70)60(59-75-67-66(74)65(73)64(72)62(58-69)76-67)68-63(71)57-55-53-51-49-47-45-43-41-39-37-34-26-24-22-20-18-16-14-12-10-8-6-4-2/h6,8,12,14,18,20,24,26,37,39,54,56,60-62,64-67,69-70,72-74H,3-5,7,9-11,13,15-17,19,21-23,25,27-36,38,40-53,55,57-59H2,1-2H3,(H,68,71)/b8-6-,14-12-,20-18-,26-24-,39-37-,56-54+. The topological polar surface area (TPSA) is 149 Å². The number of amides is 1. The van der Waals surface area contributed by atoms with Gasteiger partial charge in [-0.05, 0) is 64.2 Å². The van der Waals surface area contributed by atoms with E-state index in [0.29, 0.717) is 6.42 Å². The molecule has 1 fully saturated rings. The zero-order chi connectivity index (χ0) is 55.0. The summed E-state index contributed by atoms with van der Waals surface area (Å²) in [6.45, 7) is 3.69. The van der Waals surface area contributed by atoms with E-state index < -0.39 is 49.5 Å². The van der Waals surface area contributed by atoms with Crippen LogP contribution in [0.15, 0.2) is 72.9 Å². The fourth-order valence-electron chi connectivity index (χ4n) is 10.0. The van der Waals surface area contributed by atoms with E-state index >= 15 is 0 Å². The molecule has 0 saturated carbocycles. The van der Waals surface area contributed by atoms with Gasteiger partial charge in [-0.15, -0.1) is 0 Å². The van der Waals surface area contributed by atoms with Crippen LogP contribution < -0.4 is 5.32 Å². The number of nitrogens with one attached hydrogen (secondary N) is 1. The van der Waals surface area contributed by atoms with Gasteiger partial charge in [-0.25, -0.2) is 0 Å². The molecule has 6 N–H and O–H groups in total. The van der Waals surface area contributed by atoms with Gasteiger partial charge in [0.2, 0.25) is 5.91 Å². The van der Waals surface area contributed by atoms with Crippen LogP contribution >= 0.6 is 0 Å². The lowest BCUT2D eigenvalue weighted by molar-refractivity contribution is -0.302. The summed E-state index contributed by atoms with van der Waals surface area (Å²) in [6, 6.07) is -0.817. The lowest BCUT2D eigenvalue weighted by atomic mass is 9.99. The van der Waals surface area contributed by atoms with Crippen molar-refractivity contribution in [2.75, 3.05) is 13.2 Å². The van der Waals surface area contributed by atoms with Gasteiger partial charge in [0.05, 0.1) is 25.4 Å². The van der Waals surface area contributed by atoms with Crippen LogP contribution in [-0.2, 0) is 14.3 Å². The molecule has 1 amide bonds. The highest BCUT2D eigenvalue weighted by Crippen LogP contribution is 2.23. The number of carbonyl (C=O) groups is 1. The van der Waals surface area contributed by atoms with Gasteiger partial charge in [-0.3, -0.25) is 4.79 Å². The number of aliphatic hydroxyl groups excluding tert-OH is 5. The fraction of sp³-hybridized carbons (Fsp3) is 0.806. The zero-order valence-corrected chi connectivity index (χ0v) is 49.3. The van der Waals surface area contributed by atoms with Gasteiger partial charge >= 0.3 is 0 Å².